The number of benzene rings is 7. The molecular formula is C43H26N4O. The van der Waals surface area contributed by atoms with E-state index in [4.69, 9.17) is 19.4 Å². The molecule has 5 nitrogen and oxygen atoms in total. The zero-order chi connectivity index (χ0) is 31.6. The van der Waals surface area contributed by atoms with Crippen molar-refractivity contribution in [3.63, 3.8) is 0 Å². The molecule has 0 atom stereocenters. The Hall–Kier alpha value is -6.59. The third-order valence-corrected chi connectivity index (χ3v) is 9.22. The molecule has 3 aromatic heterocycles. The first-order chi connectivity index (χ1) is 23.8. The molecule has 0 unspecified atom stereocenters. The Morgan fingerprint density at radius 2 is 1.06 bits per heavy atom. The predicted octanol–water partition coefficient (Wildman–Crippen LogP) is 11.0. The lowest BCUT2D eigenvalue weighted by Crippen LogP contribution is -2.00. The Labute approximate surface area is 275 Å². The summed E-state index contributed by atoms with van der Waals surface area (Å²) in [7, 11) is 0. The zero-order valence-electron chi connectivity index (χ0n) is 25.7. The molecule has 0 saturated heterocycles. The second-order valence-electron chi connectivity index (χ2n) is 12.1. The lowest BCUT2D eigenvalue weighted by Gasteiger charge is -2.10. The van der Waals surface area contributed by atoms with Gasteiger partial charge >= 0.3 is 0 Å². The summed E-state index contributed by atoms with van der Waals surface area (Å²) < 4.78 is 8.83. The van der Waals surface area contributed by atoms with Gasteiger partial charge in [-0.3, -0.25) is 0 Å². The fraction of sp³-hybridized carbons (Fsp3) is 0. The molecule has 0 amide bonds. The van der Waals surface area contributed by atoms with Gasteiger partial charge in [-0.2, -0.15) is 0 Å². The molecule has 0 spiro atoms. The van der Waals surface area contributed by atoms with Gasteiger partial charge in [0, 0.05) is 43.9 Å². The Bertz CT molecular complexity index is 2780. The molecule has 7 aromatic carbocycles. The highest BCUT2D eigenvalue weighted by Gasteiger charge is 2.19. The Morgan fingerprint density at radius 3 is 1.81 bits per heavy atom. The first-order valence-corrected chi connectivity index (χ1v) is 16.0. The predicted molar refractivity (Wildman–Crippen MR) is 195 cm³/mol. The number of furan rings is 1. The van der Waals surface area contributed by atoms with Crippen molar-refractivity contribution in [2.24, 2.45) is 0 Å². The van der Waals surface area contributed by atoms with Crippen LogP contribution in [0.1, 0.15) is 0 Å². The van der Waals surface area contributed by atoms with E-state index in [0.717, 1.165) is 49.8 Å². The van der Waals surface area contributed by atoms with Crippen LogP contribution in [0, 0.1) is 0 Å². The molecule has 224 valence electrons. The normalized spacial score (nSPS) is 11.8. The molecule has 3 heterocycles. The number of aromatic nitrogens is 4. The smallest absolute Gasteiger partial charge is 0.164 e. The van der Waals surface area contributed by atoms with Crippen LogP contribution in [0.25, 0.3) is 94.4 Å². The van der Waals surface area contributed by atoms with Gasteiger partial charge < -0.3 is 8.98 Å². The fourth-order valence-corrected chi connectivity index (χ4v) is 7.00. The highest BCUT2D eigenvalue weighted by Crippen LogP contribution is 2.40. The molecule has 0 aliphatic rings. The minimum Gasteiger partial charge on any atom is -0.456 e. The second-order valence-corrected chi connectivity index (χ2v) is 12.1. The molecule has 10 rings (SSSR count). The average Bonchev–Trinajstić information content (AvgIpc) is 3.69. The third-order valence-electron chi connectivity index (χ3n) is 9.22. The van der Waals surface area contributed by atoms with E-state index in [9.17, 15) is 0 Å². The summed E-state index contributed by atoms with van der Waals surface area (Å²) >= 11 is 0. The Balaban J connectivity index is 1.23. The first-order valence-electron chi connectivity index (χ1n) is 16.0. The van der Waals surface area contributed by atoms with Crippen LogP contribution in [-0.2, 0) is 0 Å². The van der Waals surface area contributed by atoms with E-state index in [-0.39, 0.29) is 0 Å². The van der Waals surface area contributed by atoms with Crippen molar-refractivity contribution in [3.8, 4) is 39.9 Å². The van der Waals surface area contributed by atoms with Gasteiger partial charge in [-0.15, -0.1) is 0 Å². The number of hydrogen-bond acceptors (Lipinski definition) is 4. The van der Waals surface area contributed by atoms with Crippen molar-refractivity contribution in [3.05, 3.63) is 158 Å². The summed E-state index contributed by atoms with van der Waals surface area (Å²) in [5.74, 6) is 1.86. The highest BCUT2D eigenvalue weighted by molar-refractivity contribution is 6.15. The summed E-state index contributed by atoms with van der Waals surface area (Å²) in [6.07, 6.45) is 0. The number of rotatable bonds is 4. The van der Waals surface area contributed by atoms with Gasteiger partial charge in [-0.05, 0) is 53.2 Å². The Morgan fingerprint density at radius 1 is 0.417 bits per heavy atom. The third kappa shape index (κ3) is 4.15. The Kier molecular flexibility index (Phi) is 5.81. The standard InChI is InChI=1S/C43H26N4O/c1-3-12-27(13-4-1)41-44-42(28-14-5-2-6-15-28)46-43(45-41)33-19-11-21-39-40(33)35-26-31(22-23-38(35)48-39)47-36-20-10-9-18-32(36)34-24-29-16-7-8-17-30(29)25-37(34)47/h1-26H. The van der Waals surface area contributed by atoms with Crippen LogP contribution in [0.15, 0.2) is 162 Å². The van der Waals surface area contributed by atoms with Crippen LogP contribution in [0.2, 0.25) is 0 Å². The summed E-state index contributed by atoms with van der Waals surface area (Å²) in [4.78, 5) is 15.0. The van der Waals surface area contributed by atoms with E-state index >= 15 is 0 Å². The molecule has 5 heteroatoms. The maximum atomic E-state index is 6.47. The van der Waals surface area contributed by atoms with Crippen LogP contribution < -0.4 is 0 Å². The molecule has 10 aromatic rings. The van der Waals surface area contributed by atoms with Crippen LogP contribution in [-0.4, -0.2) is 19.5 Å². The average molecular weight is 615 g/mol. The lowest BCUT2D eigenvalue weighted by molar-refractivity contribution is 0.669. The molecule has 48 heavy (non-hydrogen) atoms. The maximum Gasteiger partial charge on any atom is 0.164 e. The number of para-hydroxylation sites is 1. The largest absolute Gasteiger partial charge is 0.456 e. The van der Waals surface area contributed by atoms with Gasteiger partial charge in [0.05, 0.1) is 11.0 Å². The van der Waals surface area contributed by atoms with Crippen molar-refractivity contribution in [1.29, 1.82) is 0 Å². The van der Waals surface area contributed by atoms with Crippen molar-refractivity contribution in [2.75, 3.05) is 0 Å². The van der Waals surface area contributed by atoms with Crippen LogP contribution in [0.5, 0.6) is 0 Å². The van der Waals surface area contributed by atoms with Crippen molar-refractivity contribution >= 4 is 54.5 Å². The second kappa shape index (κ2) is 10.5. The first kappa shape index (κ1) is 26.6. The van der Waals surface area contributed by atoms with E-state index < -0.39 is 0 Å². The van der Waals surface area contributed by atoms with Gasteiger partial charge in [0.2, 0.25) is 0 Å². The molecule has 0 aliphatic heterocycles. The van der Waals surface area contributed by atoms with Crippen molar-refractivity contribution in [2.45, 2.75) is 0 Å². The summed E-state index contributed by atoms with van der Waals surface area (Å²) in [5.41, 5.74) is 7.75. The van der Waals surface area contributed by atoms with Gasteiger partial charge in [-0.25, -0.2) is 15.0 Å². The van der Waals surface area contributed by atoms with E-state index in [0.29, 0.717) is 17.5 Å². The molecule has 0 bridgehead atoms. The lowest BCUT2D eigenvalue weighted by atomic mass is 10.0. The van der Waals surface area contributed by atoms with E-state index in [1.165, 1.54) is 27.1 Å². The van der Waals surface area contributed by atoms with Gasteiger partial charge in [-0.1, -0.05) is 115 Å². The fourth-order valence-electron chi connectivity index (χ4n) is 7.00. The minimum absolute atomic E-state index is 0.602. The maximum absolute atomic E-state index is 6.47. The van der Waals surface area contributed by atoms with E-state index in [1.807, 2.05) is 72.8 Å². The summed E-state index contributed by atoms with van der Waals surface area (Å²) in [6, 6.07) is 54.5. The van der Waals surface area contributed by atoms with Crippen molar-refractivity contribution < 1.29 is 4.42 Å². The van der Waals surface area contributed by atoms with Crippen molar-refractivity contribution in [1.82, 2.24) is 19.5 Å². The molecule has 0 saturated carbocycles. The van der Waals surface area contributed by atoms with E-state index in [1.54, 1.807) is 0 Å². The van der Waals surface area contributed by atoms with Crippen LogP contribution in [0.4, 0.5) is 0 Å². The van der Waals surface area contributed by atoms with Gasteiger partial charge in [0.1, 0.15) is 11.2 Å². The molecule has 0 aliphatic carbocycles. The summed E-state index contributed by atoms with van der Waals surface area (Å²) in [5, 5.41) is 6.88. The number of fused-ring (bicyclic) bond motifs is 7. The molecule has 0 radical (unpaired) electrons. The molecule has 0 N–H and O–H groups in total. The molecular weight excluding hydrogens is 589 g/mol. The number of nitrogens with zero attached hydrogens (tertiary/aromatic N) is 4. The minimum atomic E-state index is 0.602. The highest BCUT2D eigenvalue weighted by atomic mass is 16.3. The van der Waals surface area contributed by atoms with Gasteiger partial charge in [0.15, 0.2) is 17.5 Å². The van der Waals surface area contributed by atoms with Gasteiger partial charge in [0.25, 0.3) is 0 Å². The topological polar surface area (TPSA) is 56.7 Å². The number of hydrogen-bond donors (Lipinski definition) is 0. The monoisotopic (exact) mass is 614 g/mol. The zero-order valence-corrected chi connectivity index (χ0v) is 25.7. The summed E-state index contributed by atoms with van der Waals surface area (Å²) in [6.45, 7) is 0. The molecule has 0 fully saturated rings. The quantitative estimate of drug-likeness (QED) is 0.198. The van der Waals surface area contributed by atoms with E-state index in [2.05, 4.69) is 89.5 Å². The SMILES string of the molecule is c1ccc(-c2nc(-c3ccccc3)nc(-c3cccc4oc5ccc(-n6c7ccccc7c7cc8ccccc8cc76)cc5c34)n2)cc1. The van der Waals surface area contributed by atoms with Crippen LogP contribution >= 0.6 is 0 Å². The van der Waals surface area contributed by atoms with Crippen LogP contribution in [0.3, 0.4) is 0 Å².